The minimum atomic E-state index is -0.112. The summed E-state index contributed by atoms with van der Waals surface area (Å²) in [6.45, 7) is 0.372. The molecule has 1 N–H and O–H groups in total. The second kappa shape index (κ2) is 9.91. The molecule has 1 amide bonds. The van der Waals surface area contributed by atoms with Crippen LogP contribution >= 0.6 is 0 Å². The predicted octanol–water partition coefficient (Wildman–Crippen LogP) is 5.87. The summed E-state index contributed by atoms with van der Waals surface area (Å²) in [7, 11) is 0. The molecule has 7 heteroatoms. The molecule has 1 aliphatic rings. The molecule has 0 saturated carbocycles. The molecule has 0 saturated heterocycles. The Hall–Kier alpha value is -5.04. The SMILES string of the molecule is O=C1COc2ccc(-c3ccnc(Nc4cccc(-c5ccccc5)c4)n3)cc2N1Cc1ccccn1. The summed E-state index contributed by atoms with van der Waals surface area (Å²) in [4.78, 5) is 28.0. The van der Waals surface area contributed by atoms with E-state index in [1.807, 2.05) is 72.8 Å². The summed E-state index contributed by atoms with van der Waals surface area (Å²) >= 11 is 0. The number of aromatic nitrogens is 3. The van der Waals surface area contributed by atoms with Gasteiger partial charge in [-0.2, -0.15) is 0 Å². The summed E-state index contributed by atoms with van der Waals surface area (Å²) < 4.78 is 5.69. The van der Waals surface area contributed by atoms with Gasteiger partial charge in [-0.1, -0.05) is 48.5 Å². The van der Waals surface area contributed by atoms with Gasteiger partial charge in [0, 0.05) is 23.6 Å². The molecule has 6 rings (SSSR count). The average molecular weight is 486 g/mol. The lowest BCUT2D eigenvalue weighted by atomic mass is 10.1. The number of nitrogens with one attached hydrogen (secondary N) is 1. The van der Waals surface area contributed by atoms with E-state index < -0.39 is 0 Å². The molecule has 0 spiro atoms. The molecule has 0 unspecified atom stereocenters. The van der Waals surface area contributed by atoms with Gasteiger partial charge in [-0.3, -0.25) is 14.7 Å². The van der Waals surface area contributed by atoms with Crippen LogP contribution in [0.2, 0.25) is 0 Å². The number of hydrogen-bond donors (Lipinski definition) is 1. The first-order chi connectivity index (χ1) is 18.2. The van der Waals surface area contributed by atoms with Crippen molar-refractivity contribution in [2.24, 2.45) is 0 Å². The van der Waals surface area contributed by atoms with Crippen LogP contribution in [0.5, 0.6) is 5.75 Å². The van der Waals surface area contributed by atoms with Gasteiger partial charge in [-0.05, 0) is 59.7 Å². The van der Waals surface area contributed by atoms with Crippen LogP contribution in [-0.4, -0.2) is 27.5 Å². The highest BCUT2D eigenvalue weighted by Crippen LogP contribution is 2.36. The Morgan fingerprint density at radius 2 is 1.65 bits per heavy atom. The second-order valence-electron chi connectivity index (χ2n) is 8.61. The maximum atomic E-state index is 12.7. The van der Waals surface area contributed by atoms with Crippen molar-refractivity contribution in [3.8, 4) is 28.1 Å². The number of carbonyl (C=O) groups is 1. The number of anilines is 3. The molecule has 0 bridgehead atoms. The fourth-order valence-corrected chi connectivity index (χ4v) is 4.30. The van der Waals surface area contributed by atoms with E-state index in [0.717, 1.165) is 33.8 Å². The number of ether oxygens (including phenoxy) is 1. The van der Waals surface area contributed by atoms with E-state index in [1.165, 1.54) is 0 Å². The number of hydrogen-bond acceptors (Lipinski definition) is 6. The molecule has 37 heavy (non-hydrogen) atoms. The molecule has 5 aromatic rings. The van der Waals surface area contributed by atoms with Crippen molar-refractivity contribution >= 4 is 23.2 Å². The molecule has 1 aliphatic heterocycles. The Bertz CT molecular complexity index is 1560. The third kappa shape index (κ3) is 4.88. The van der Waals surface area contributed by atoms with Crippen molar-refractivity contribution in [1.82, 2.24) is 15.0 Å². The van der Waals surface area contributed by atoms with E-state index in [1.54, 1.807) is 17.3 Å². The van der Waals surface area contributed by atoms with Crippen LogP contribution in [0.3, 0.4) is 0 Å². The molecule has 3 heterocycles. The number of benzene rings is 3. The van der Waals surface area contributed by atoms with Crippen molar-refractivity contribution in [1.29, 1.82) is 0 Å². The van der Waals surface area contributed by atoms with Crippen molar-refractivity contribution in [2.45, 2.75) is 6.54 Å². The minimum Gasteiger partial charge on any atom is -0.482 e. The number of nitrogens with zero attached hydrogens (tertiary/aromatic N) is 4. The van der Waals surface area contributed by atoms with Gasteiger partial charge < -0.3 is 10.1 Å². The van der Waals surface area contributed by atoms with E-state index in [-0.39, 0.29) is 12.5 Å². The van der Waals surface area contributed by atoms with E-state index in [4.69, 9.17) is 9.72 Å². The van der Waals surface area contributed by atoms with Crippen molar-refractivity contribution in [2.75, 3.05) is 16.8 Å². The van der Waals surface area contributed by atoms with Crippen LogP contribution in [0.1, 0.15) is 5.69 Å². The lowest BCUT2D eigenvalue weighted by Gasteiger charge is -2.29. The first kappa shape index (κ1) is 22.4. The number of pyridine rings is 1. The van der Waals surface area contributed by atoms with Crippen molar-refractivity contribution in [3.05, 3.63) is 115 Å². The molecular weight excluding hydrogens is 462 g/mol. The van der Waals surface area contributed by atoms with Crippen molar-refractivity contribution < 1.29 is 9.53 Å². The van der Waals surface area contributed by atoms with Gasteiger partial charge in [0.1, 0.15) is 5.75 Å². The van der Waals surface area contributed by atoms with Crippen LogP contribution in [0, 0.1) is 0 Å². The molecule has 0 radical (unpaired) electrons. The number of fused-ring (bicyclic) bond motifs is 1. The predicted molar refractivity (Wildman–Crippen MR) is 144 cm³/mol. The van der Waals surface area contributed by atoms with Gasteiger partial charge in [-0.15, -0.1) is 0 Å². The van der Waals surface area contributed by atoms with E-state index >= 15 is 0 Å². The maximum absolute atomic E-state index is 12.7. The van der Waals surface area contributed by atoms with Gasteiger partial charge in [-0.25, -0.2) is 9.97 Å². The lowest BCUT2D eigenvalue weighted by molar-refractivity contribution is -0.121. The summed E-state index contributed by atoms with van der Waals surface area (Å²) in [5, 5.41) is 3.32. The van der Waals surface area contributed by atoms with Crippen LogP contribution in [-0.2, 0) is 11.3 Å². The topological polar surface area (TPSA) is 80.2 Å². The van der Waals surface area contributed by atoms with E-state index in [2.05, 4.69) is 39.6 Å². The Balaban J connectivity index is 1.28. The lowest BCUT2D eigenvalue weighted by Crippen LogP contribution is -2.38. The van der Waals surface area contributed by atoms with Crippen LogP contribution in [0.4, 0.5) is 17.3 Å². The number of carbonyl (C=O) groups excluding carboxylic acids is 1. The third-order valence-electron chi connectivity index (χ3n) is 6.13. The summed E-state index contributed by atoms with van der Waals surface area (Å²) in [5.41, 5.74) is 6.23. The van der Waals surface area contributed by atoms with E-state index in [9.17, 15) is 4.79 Å². The van der Waals surface area contributed by atoms with Gasteiger partial charge in [0.25, 0.3) is 5.91 Å². The molecule has 2 aromatic heterocycles. The van der Waals surface area contributed by atoms with Gasteiger partial charge in [0.15, 0.2) is 6.61 Å². The first-order valence-electron chi connectivity index (χ1n) is 12.0. The zero-order valence-electron chi connectivity index (χ0n) is 19.9. The maximum Gasteiger partial charge on any atom is 0.265 e. The molecular formula is C30H23N5O2. The fourth-order valence-electron chi connectivity index (χ4n) is 4.30. The zero-order chi connectivity index (χ0) is 25.0. The van der Waals surface area contributed by atoms with Crippen LogP contribution in [0.15, 0.2) is 109 Å². The summed E-state index contributed by atoms with van der Waals surface area (Å²) in [5.74, 6) is 1.03. The summed E-state index contributed by atoms with van der Waals surface area (Å²) in [6, 6.07) is 31.6. The Labute approximate surface area is 214 Å². The molecule has 180 valence electrons. The van der Waals surface area contributed by atoms with Crippen LogP contribution in [0.25, 0.3) is 22.4 Å². The zero-order valence-corrected chi connectivity index (χ0v) is 19.9. The standard InChI is InChI=1S/C30H23N5O2/c36-29-20-37-28-13-12-23(18-27(28)35(29)19-25-10-4-5-15-31-25)26-14-16-32-30(34-26)33-24-11-6-9-22(17-24)21-7-2-1-3-8-21/h1-18H,19-20H2,(H,32,33,34). The first-order valence-corrected chi connectivity index (χ1v) is 12.0. The molecule has 7 nitrogen and oxygen atoms in total. The Morgan fingerprint density at radius 1 is 0.784 bits per heavy atom. The number of rotatable bonds is 6. The largest absolute Gasteiger partial charge is 0.482 e. The molecule has 0 fully saturated rings. The monoisotopic (exact) mass is 485 g/mol. The highest BCUT2D eigenvalue weighted by atomic mass is 16.5. The van der Waals surface area contributed by atoms with Crippen LogP contribution < -0.4 is 15.0 Å². The highest BCUT2D eigenvalue weighted by Gasteiger charge is 2.26. The van der Waals surface area contributed by atoms with Gasteiger partial charge in [0.05, 0.1) is 23.6 Å². The van der Waals surface area contributed by atoms with E-state index in [0.29, 0.717) is 23.9 Å². The Morgan fingerprint density at radius 3 is 2.51 bits per heavy atom. The van der Waals surface area contributed by atoms with Crippen molar-refractivity contribution in [3.63, 3.8) is 0 Å². The highest BCUT2D eigenvalue weighted by molar-refractivity contribution is 5.98. The average Bonchev–Trinajstić information content (AvgIpc) is 2.96. The smallest absolute Gasteiger partial charge is 0.265 e. The number of amides is 1. The quantitative estimate of drug-likeness (QED) is 0.324. The third-order valence-corrected chi connectivity index (χ3v) is 6.13. The minimum absolute atomic E-state index is 0.00278. The summed E-state index contributed by atoms with van der Waals surface area (Å²) in [6.07, 6.45) is 3.45. The molecule has 3 aromatic carbocycles. The fraction of sp³-hybridized carbons (Fsp3) is 0.0667. The molecule has 0 aliphatic carbocycles. The van der Waals surface area contributed by atoms with Gasteiger partial charge >= 0.3 is 0 Å². The van der Waals surface area contributed by atoms with Gasteiger partial charge in [0.2, 0.25) is 5.95 Å². The normalized spacial score (nSPS) is 12.5. The Kier molecular flexibility index (Phi) is 6.01. The molecule has 0 atom stereocenters. The second-order valence-corrected chi connectivity index (χ2v) is 8.61.